The number of benzene rings is 1. The van der Waals surface area contributed by atoms with E-state index in [1.807, 2.05) is 24.3 Å². The number of nitrogens with one attached hydrogen (secondary N) is 1. The summed E-state index contributed by atoms with van der Waals surface area (Å²) < 4.78 is 1.23. The number of hydrazine groups is 1. The largest absolute Gasteiger partial charge is 0.289 e. The van der Waals surface area contributed by atoms with Crippen LogP contribution in [0.3, 0.4) is 0 Å². The molecule has 0 bridgehead atoms. The quantitative estimate of drug-likeness (QED) is 0.502. The van der Waals surface area contributed by atoms with Gasteiger partial charge in [0.1, 0.15) is 17.7 Å². The molecule has 0 aliphatic heterocycles. The molecule has 0 unspecified atom stereocenters. The van der Waals surface area contributed by atoms with E-state index in [1.54, 1.807) is 12.1 Å². The maximum Gasteiger partial charge on any atom is 0.147 e. The molecule has 18 heavy (non-hydrogen) atoms. The summed E-state index contributed by atoms with van der Waals surface area (Å²) in [6, 6.07) is 11.2. The van der Waals surface area contributed by atoms with Crippen molar-refractivity contribution in [2.24, 2.45) is 0 Å². The molecule has 0 amide bonds. The summed E-state index contributed by atoms with van der Waals surface area (Å²) in [5.74, 6) is 0. The lowest BCUT2D eigenvalue weighted by Crippen LogP contribution is -2.24. The van der Waals surface area contributed by atoms with Crippen molar-refractivity contribution >= 4 is 17.5 Å². The number of anilines is 1. The highest BCUT2D eigenvalue weighted by molar-refractivity contribution is 6.25. The molecule has 0 heterocycles. The minimum Gasteiger partial charge on any atom is -0.289 e. The fourth-order valence-corrected chi connectivity index (χ4v) is 1.53. The van der Waals surface area contributed by atoms with Crippen molar-refractivity contribution in [1.82, 2.24) is 5.43 Å². The summed E-state index contributed by atoms with van der Waals surface area (Å²) in [7, 11) is 0. The van der Waals surface area contributed by atoms with Crippen LogP contribution in [0.15, 0.2) is 36.0 Å². The molecular formula is C13H13ClN4. The van der Waals surface area contributed by atoms with Crippen LogP contribution < -0.4 is 9.95 Å². The Morgan fingerprint density at radius 1 is 1.33 bits per heavy atom. The third-order valence-electron chi connectivity index (χ3n) is 2.26. The van der Waals surface area contributed by atoms with Crippen molar-refractivity contribution in [1.29, 1.82) is 10.5 Å². The Morgan fingerprint density at radius 2 is 1.94 bits per heavy atom. The van der Waals surface area contributed by atoms with Gasteiger partial charge in [-0.15, -0.1) is 0 Å². The Balaban J connectivity index is 2.68. The number of hydrogen-bond donors (Lipinski definition) is 1. The van der Waals surface area contributed by atoms with E-state index < -0.39 is 0 Å². The van der Waals surface area contributed by atoms with Crippen LogP contribution in [0.25, 0.3) is 0 Å². The van der Waals surface area contributed by atoms with Crippen molar-refractivity contribution < 1.29 is 0 Å². The van der Waals surface area contributed by atoms with Crippen molar-refractivity contribution in [2.75, 3.05) is 4.53 Å². The Bertz CT molecular complexity index is 477. The summed E-state index contributed by atoms with van der Waals surface area (Å²) in [6.45, 7) is 2.12. The third-order valence-corrected chi connectivity index (χ3v) is 2.56. The topological polar surface area (TPSA) is 62.9 Å². The first kappa shape index (κ1) is 13.9. The highest BCUT2D eigenvalue weighted by atomic mass is 35.5. The zero-order valence-electron chi connectivity index (χ0n) is 10.0. The minimum absolute atomic E-state index is 0.0387. The molecule has 0 atom stereocenters. The predicted octanol–water partition coefficient (Wildman–Crippen LogP) is 3.03. The maximum atomic E-state index is 8.56. The number of allylic oxidation sites excluding steroid dienone is 1. The van der Waals surface area contributed by atoms with Crippen LogP contribution in [0, 0.1) is 22.7 Å². The number of aryl methyl sites for hydroxylation is 1. The highest BCUT2D eigenvalue weighted by Crippen LogP contribution is 2.16. The molecule has 92 valence electrons. The summed E-state index contributed by atoms with van der Waals surface area (Å²) in [5.41, 5.74) is 4.59. The van der Waals surface area contributed by atoms with Gasteiger partial charge in [0.15, 0.2) is 0 Å². The molecule has 1 aromatic rings. The van der Waals surface area contributed by atoms with Crippen molar-refractivity contribution in [3.63, 3.8) is 0 Å². The van der Waals surface area contributed by atoms with Gasteiger partial charge in [-0.1, -0.05) is 25.5 Å². The molecule has 0 spiro atoms. The molecule has 0 aliphatic carbocycles. The van der Waals surface area contributed by atoms with E-state index in [0.29, 0.717) is 0 Å². The number of nitriles is 2. The Labute approximate surface area is 112 Å². The zero-order valence-corrected chi connectivity index (χ0v) is 10.8. The van der Waals surface area contributed by atoms with Crippen LogP contribution in [0.1, 0.15) is 18.9 Å². The van der Waals surface area contributed by atoms with E-state index in [0.717, 1.165) is 18.5 Å². The molecule has 0 fully saturated rings. The summed E-state index contributed by atoms with van der Waals surface area (Å²) in [4.78, 5) is 0. The molecule has 5 heteroatoms. The predicted molar refractivity (Wildman–Crippen MR) is 71.2 cm³/mol. The highest BCUT2D eigenvalue weighted by Gasteiger charge is 2.01. The minimum atomic E-state index is -0.0387. The second-order valence-corrected chi connectivity index (χ2v) is 3.95. The van der Waals surface area contributed by atoms with Gasteiger partial charge in [-0.3, -0.25) is 5.43 Å². The van der Waals surface area contributed by atoms with Gasteiger partial charge in [0.25, 0.3) is 0 Å². The summed E-state index contributed by atoms with van der Waals surface area (Å²) in [6.07, 6.45) is 3.38. The van der Waals surface area contributed by atoms with Gasteiger partial charge in [0, 0.05) is 18.0 Å². The molecule has 0 radical (unpaired) electrons. The fraction of sp³-hybridized carbons (Fsp3) is 0.231. The normalized spacial score (nSPS) is 8.89. The molecule has 0 aliphatic rings. The molecule has 0 aromatic heterocycles. The second-order valence-electron chi connectivity index (χ2n) is 3.61. The van der Waals surface area contributed by atoms with E-state index in [2.05, 4.69) is 12.3 Å². The van der Waals surface area contributed by atoms with Gasteiger partial charge >= 0.3 is 0 Å². The lowest BCUT2D eigenvalue weighted by Gasteiger charge is -2.15. The molecule has 1 aromatic carbocycles. The number of nitrogens with zero attached hydrogens (tertiary/aromatic N) is 3. The first-order valence-electron chi connectivity index (χ1n) is 5.52. The summed E-state index contributed by atoms with van der Waals surface area (Å²) >= 11 is 5.95. The third kappa shape index (κ3) is 4.01. The van der Waals surface area contributed by atoms with Gasteiger partial charge < -0.3 is 0 Å². The lowest BCUT2D eigenvalue weighted by molar-refractivity contribution is 0.916. The van der Waals surface area contributed by atoms with Crippen molar-refractivity contribution in [3.8, 4) is 12.1 Å². The summed E-state index contributed by atoms with van der Waals surface area (Å²) in [5, 5.41) is 17.1. The first-order chi connectivity index (χ1) is 8.71. The Kier molecular flexibility index (Phi) is 5.57. The fourth-order valence-electron chi connectivity index (χ4n) is 1.37. The van der Waals surface area contributed by atoms with E-state index >= 15 is 0 Å². The van der Waals surface area contributed by atoms with Crippen LogP contribution in [-0.2, 0) is 6.42 Å². The first-order valence-corrected chi connectivity index (χ1v) is 5.86. The monoisotopic (exact) mass is 260 g/mol. The molecule has 1 N–H and O–H groups in total. The maximum absolute atomic E-state index is 8.56. The average molecular weight is 261 g/mol. The van der Waals surface area contributed by atoms with E-state index in [-0.39, 0.29) is 5.57 Å². The van der Waals surface area contributed by atoms with Crippen LogP contribution in [0.2, 0.25) is 0 Å². The van der Waals surface area contributed by atoms with Gasteiger partial charge in [0.05, 0.1) is 5.69 Å². The number of hydrogen-bond acceptors (Lipinski definition) is 4. The van der Waals surface area contributed by atoms with E-state index in [4.69, 9.17) is 22.3 Å². The van der Waals surface area contributed by atoms with Gasteiger partial charge in [-0.05, 0) is 24.1 Å². The number of halogens is 1. The zero-order chi connectivity index (χ0) is 13.4. The number of rotatable bonds is 5. The molecule has 1 rings (SSSR count). The van der Waals surface area contributed by atoms with Crippen LogP contribution >= 0.6 is 11.8 Å². The second kappa shape index (κ2) is 7.21. The Hall–Kier alpha value is -2.17. The Morgan fingerprint density at radius 3 is 2.44 bits per heavy atom. The molecule has 4 nitrogen and oxygen atoms in total. The SMILES string of the molecule is CCCc1ccc(N(Cl)NC=C(C#N)C#N)cc1. The standard InChI is InChI=1S/C13H13ClN4/c1-2-3-11-4-6-13(7-5-11)18(14)17-10-12(8-15)9-16/h4-7,10,17H,2-3H2,1H3. The van der Waals surface area contributed by atoms with Gasteiger partial charge in [-0.2, -0.15) is 15.1 Å². The van der Waals surface area contributed by atoms with Gasteiger partial charge in [0.2, 0.25) is 0 Å². The average Bonchev–Trinajstić information content (AvgIpc) is 2.41. The van der Waals surface area contributed by atoms with Crippen LogP contribution in [0.5, 0.6) is 0 Å². The smallest absolute Gasteiger partial charge is 0.147 e. The van der Waals surface area contributed by atoms with E-state index in [9.17, 15) is 0 Å². The molecular weight excluding hydrogens is 248 g/mol. The lowest BCUT2D eigenvalue weighted by atomic mass is 10.1. The molecule has 0 saturated heterocycles. The van der Waals surface area contributed by atoms with Gasteiger partial charge in [-0.25, -0.2) is 0 Å². The van der Waals surface area contributed by atoms with Crippen molar-refractivity contribution in [2.45, 2.75) is 19.8 Å². The van der Waals surface area contributed by atoms with Crippen LogP contribution in [0.4, 0.5) is 5.69 Å². The van der Waals surface area contributed by atoms with E-state index in [1.165, 1.54) is 16.3 Å². The molecule has 0 saturated carbocycles. The van der Waals surface area contributed by atoms with Crippen LogP contribution in [-0.4, -0.2) is 0 Å². The van der Waals surface area contributed by atoms with Crippen molar-refractivity contribution in [3.05, 3.63) is 41.6 Å².